The maximum absolute atomic E-state index is 13.2. The summed E-state index contributed by atoms with van der Waals surface area (Å²) in [6.07, 6.45) is 4.14. The first kappa shape index (κ1) is 20.2. The van der Waals surface area contributed by atoms with Gasteiger partial charge in [0.05, 0.1) is 37.8 Å². The van der Waals surface area contributed by atoms with Crippen LogP contribution in [-0.4, -0.2) is 44.5 Å². The van der Waals surface area contributed by atoms with Gasteiger partial charge in [0.15, 0.2) is 17.3 Å². The minimum atomic E-state index is -0.162. The summed E-state index contributed by atoms with van der Waals surface area (Å²) in [5.41, 5.74) is 2.18. The van der Waals surface area contributed by atoms with Crippen molar-refractivity contribution in [3.8, 4) is 28.6 Å². The fraction of sp³-hybridized carbons (Fsp3) is 0.200. The summed E-state index contributed by atoms with van der Waals surface area (Å²) in [4.78, 5) is 22.2. The van der Waals surface area contributed by atoms with Gasteiger partial charge in [-0.05, 0) is 30.3 Å². The molecule has 1 aliphatic heterocycles. The molecular weight excluding hydrogens is 434 g/mol. The van der Waals surface area contributed by atoms with Crippen molar-refractivity contribution in [3.05, 3.63) is 76.8 Å². The summed E-state index contributed by atoms with van der Waals surface area (Å²) in [7, 11) is 1.62. The number of nitrogens with zero attached hydrogens (tertiary/aromatic N) is 5. The molecule has 0 atom stereocenters. The van der Waals surface area contributed by atoms with E-state index < -0.39 is 0 Å². The molecule has 6 rings (SSSR count). The Bertz CT molecular complexity index is 1590. The molecule has 3 aromatic heterocycles. The highest BCUT2D eigenvalue weighted by Gasteiger charge is 2.16. The van der Waals surface area contributed by atoms with E-state index in [0.717, 1.165) is 23.3 Å². The Balaban J connectivity index is 1.41. The third-order valence-corrected chi connectivity index (χ3v) is 5.85. The van der Waals surface area contributed by atoms with Gasteiger partial charge in [-0.2, -0.15) is 9.50 Å². The van der Waals surface area contributed by atoms with Crippen LogP contribution in [0.3, 0.4) is 0 Å². The van der Waals surface area contributed by atoms with E-state index >= 15 is 0 Å². The second-order valence-electron chi connectivity index (χ2n) is 7.98. The highest BCUT2D eigenvalue weighted by atomic mass is 16.5. The van der Waals surface area contributed by atoms with Crippen LogP contribution in [0.15, 0.2) is 65.7 Å². The predicted octanol–water partition coefficient (Wildman–Crippen LogP) is 3.32. The zero-order valence-corrected chi connectivity index (χ0v) is 18.5. The molecule has 9 nitrogen and oxygen atoms in total. The molecule has 0 spiro atoms. The summed E-state index contributed by atoms with van der Waals surface area (Å²) in [6, 6.07) is 15.1. The summed E-state index contributed by atoms with van der Waals surface area (Å²) in [5.74, 6) is 3.03. The second-order valence-corrected chi connectivity index (χ2v) is 7.98. The molecule has 170 valence electrons. The molecule has 9 heteroatoms. The molecule has 0 amide bonds. The Labute approximate surface area is 194 Å². The number of benzene rings is 2. The average Bonchev–Trinajstić information content (AvgIpc) is 3.17. The first-order chi connectivity index (χ1) is 16.7. The van der Waals surface area contributed by atoms with Crippen molar-refractivity contribution >= 4 is 16.7 Å². The van der Waals surface area contributed by atoms with Gasteiger partial charge in [-0.15, -0.1) is 5.10 Å². The van der Waals surface area contributed by atoms with E-state index in [9.17, 15) is 4.79 Å². The van der Waals surface area contributed by atoms with Gasteiger partial charge in [0, 0.05) is 29.9 Å². The normalized spacial score (nSPS) is 13.2. The number of pyridine rings is 1. The van der Waals surface area contributed by atoms with Gasteiger partial charge < -0.3 is 18.8 Å². The van der Waals surface area contributed by atoms with Crippen LogP contribution in [0, 0.1) is 0 Å². The Morgan fingerprint density at radius 2 is 1.91 bits per heavy atom. The number of hydrogen-bond donors (Lipinski definition) is 0. The molecule has 0 unspecified atom stereocenters. The number of para-hydroxylation sites is 1. The van der Waals surface area contributed by atoms with E-state index in [4.69, 9.17) is 14.2 Å². The maximum Gasteiger partial charge on any atom is 0.261 e. The van der Waals surface area contributed by atoms with Crippen LogP contribution in [0.25, 0.3) is 28.1 Å². The molecule has 0 fully saturated rings. The summed E-state index contributed by atoms with van der Waals surface area (Å²) < 4.78 is 20.2. The minimum absolute atomic E-state index is 0.162. The van der Waals surface area contributed by atoms with Crippen molar-refractivity contribution in [1.29, 1.82) is 0 Å². The SMILES string of the molecule is COc1ccccc1Cn1ccc2c(cnc3nc(-c4ccc5c(c4)OCCCO5)nn32)c1=O. The number of hydrogen-bond acceptors (Lipinski definition) is 7. The van der Waals surface area contributed by atoms with Crippen LogP contribution in [0.2, 0.25) is 0 Å². The largest absolute Gasteiger partial charge is 0.496 e. The van der Waals surface area contributed by atoms with Crippen LogP contribution in [0.5, 0.6) is 17.2 Å². The lowest BCUT2D eigenvalue weighted by Gasteiger charge is -2.11. The molecule has 0 radical (unpaired) electrons. The van der Waals surface area contributed by atoms with Crippen molar-refractivity contribution in [2.24, 2.45) is 0 Å². The lowest BCUT2D eigenvalue weighted by Crippen LogP contribution is -2.21. The topological polar surface area (TPSA) is 92.8 Å². The van der Waals surface area contributed by atoms with Gasteiger partial charge in [-0.25, -0.2) is 4.98 Å². The molecule has 0 bridgehead atoms. The van der Waals surface area contributed by atoms with Gasteiger partial charge in [-0.3, -0.25) is 4.79 Å². The van der Waals surface area contributed by atoms with Crippen molar-refractivity contribution in [2.45, 2.75) is 13.0 Å². The third kappa shape index (κ3) is 3.42. The molecule has 1 aliphatic rings. The lowest BCUT2D eigenvalue weighted by molar-refractivity contribution is 0.297. The number of rotatable bonds is 4. The van der Waals surface area contributed by atoms with Crippen molar-refractivity contribution < 1.29 is 14.2 Å². The smallest absolute Gasteiger partial charge is 0.261 e. The van der Waals surface area contributed by atoms with E-state index in [1.54, 1.807) is 28.6 Å². The molecule has 0 aliphatic carbocycles. The van der Waals surface area contributed by atoms with Gasteiger partial charge >= 0.3 is 0 Å². The monoisotopic (exact) mass is 455 g/mol. The Morgan fingerprint density at radius 1 is 1.06 bits per heavy atom. The van der Waals surface area contributed by atoms with Crippen molar-refractivity contribution in [2.75, 3.05) is 20.3 Å². The van der Waals surface area contributed by atoms with Crippen LogP contribution in [0.4, 0.5) is 0 Å². The zero-order chi connectivity index (χ0) is 23.1. The van der Waals surface area contributed by atoms with Crippen LogP contribution in [0.1, 0.15) is 12.0 Å². The average molecular weight is 455 g/mol. The number of aromatic nitrogens is 5. The lowest BCUT2D eigenvalue weighted by atomic mass is 10.2. The minimum Gasteiger partial charge on any atom is -0.496 e. The molecule has 2 aromatic carbocycles. The van der Waals surface area contributed by atoms with Crippen molar-refractivity contribution in [3.63, 3.8) is 0 Å². The quantitative estimate of drug-likeness (QED) is 0.410. The van der Waals surface area contributed by atoms with E-state index in [0.29, 0.717) is 53.8 Å². The zero-order valence-electron chi connectivity index (χ0n) is 18.5. The standard InChI is InChI=1S/C25H21N5O4/c1-32-20-6-3-2-5-17(20)15-29-10-9-19-18(24(29)31)14-26-25-27-23(28-30(19)25)16-7-8-21-22(13-16)34-12-4-11-33-21/h2-3,5-10,13-14H,4,11-12,15H2,1H3. The first-order valence-electron chi connectivity index (χ1n) is 11.0. The third-order valence-electron chi connectivity index (χ3n) is 5.85. The number of methoxy groups -OCH3 is 1. The van der Waals surface area contributed by atoms with Crippen molar-refractivity contribution in [1.82, 2.24) is 24.1 Å². The Morgan fingerprint density at radius 3 is 2.79 bits per heavy atom. The molecule has 0 saturated carbocycles. The van der Waals surface area contributed by atoms with Crippen LogP contribution >= 0.6 is 0 Å². The molecule has 5 aromatic rings. The summed E-state index contributed by atoms with van der Waals surface area (Å²) >= 11 is 0. The molecular formula is C25H21N5O4. The summed E-state index contributed by atoms with van der Waals surface area (Å²) in [6.45, 7) is 1.61. The van der Waals surface area contributed by atoms with E-state index in [-0.39, 0.29) is 5.56 Å². The highest BCUT2D eigenvalue weighted by Crippen LogP contribution is 2.33. The van der Waals surface area contributed by atoms with E-state index in [1.165, 1.54) is 0 Å². The molecule has 4 heterocycles. The first-order valence-corrected chi connectivity index (χ1v) is 11.0. The molecule has 0 N–H and O–H groups in total. The van der Waals surface area contributed by atoms with Gasteiger partial charge in [0.2, 0.25) is 0 Å². The summed E-state index contributed by atoms with van der Waals surface area (Å²) in [5, 5.41) is 5.10. The van der Waals surface area contributed by atoms with Gasteiger partial charge in [0.25, 0.3) is 11.3 Å². The second kappa shape index (κ2) is 8.18. The molecule has 34 heavy (non-hydrogen) atoms. The highest BCUT2D eigenvalue weighted by molar-refractivity contribution is 5.79. The fourth-order valence-electron chi connectivity index (χ4n) is 4.13. The fourth-order valence-corrected chi connectivity index (χ4v) is 4.13. The van der Waals surface area contributed by atoms with E-state index in [2.05, 4.69) is 15.1 Å². The van der Waals surface area contributed by atoms with Gasteiger partial charge in [0.1, 0.15) is 5.75 Å². The number of ether oxygens (including phenoxy) is 3. The predicted molar refractivity (Wildman–Crippen MR) is 126 cm³/mol. The van der Waals surface area contributed by atoms with E-state index in [1.807, 2.05) is 48.5 Å². The Hall–Kier alpha value is -4.40. The van der Waals surface area contributed by atoms with Gasteiger partial charge in [-0.1, -0.05) is 18.2 Å². The Kier molecular flexibility index (Phi) is 4.87. The maximum atomic E-state index is 13.2. The number of fused-ring (bicyclic) bond motifs is 4. The van der Waals surface area contributed by atoms with Crippen LogP contribution in [-0.2, 0) is 6.54 Å². The molecule has 0 saturated heterocycles. The van der Waals surface area contributed by atoms with Crippen LogP contribution < -0.4 is 19.8 Å².